The van der Waals surface area contributed by atoms with Gasteiger partial charge in [-0.1, -0.05) is 32.0 Å². The Labute approximate surface area is 310 Å². The Balaban J connectivity index is 1.08. The number of H-pyrrole nitrogens is 2. The van der Waals surface area contributed by atoms with Crippen molar-refractivity contribution < 1.29 is 23.8 Å². The molecular formula is C39H44BrN7O5. The molecule has 4 N–H and O–H groups in total. The number of carbonyl (C=O) groups excluding carboxylic acids is 2. The van der Waals surface area contributed by atoms with Gasteiger partial charge in [-0.05, 0) is 94.7 Å². The van der Waals surface area contributed by atoms with Crippen molar-refractivity contribution in [2.75, 3.05) is 27.4 Å². The molecule has 8 rings (SSSR count). The van der Waals surface area contributed by atoms with E-state index in [4.69, 9.17) is 24.2 Å². The van der Waals surface area contributed by atoms with E-state index in [1.807, 2.05) is 25.7 Å². The third-order valence-electron chi connectivity index (χ3n) is 10.9. The number of rotatable bonds is 8. The Morgan fingerprint density at radius 3 is 2.69 bits per heavy atom. The molecule has 5 atom stereocenters. The van der Waals surface area contributed by atoms with Crippen LogP contribution in [0.25, 0.3) is 44.2 Å². The average Bonchev–Trinajstić information content (AvgIpc) is 3.95. The fourth-order valence-corrected chi connectivity index (χ4v) is 8.72. The smallest absolute Gasteiger partial charge is 0.407 e. The maximum atomic E-state index is 13.9. The van der Waals surface area contributed by atoms with Crippen molar-refractivity contribution in [2.45, 2.75) is 70.8 Å². The van der Waals surface area contributed by atoms with Gasteiger partial charge in [-0.3, -0.25) is 4.79 Å². The molecule has 2 amide bonds. The number of ether oxygens (including phenoxy) is 3. The molecule has 13 heteroatoms. The number of methoxy groups -OCH3 is 2. The summed E-state index contributed by atoms with van der Waals surface area (Å²) in [5.74, 6) is 2.71. The molecular weight excluding hydrogens is 726 g/mol. The van der Waals surface area contributed by atoms with Crippen LogP contribution in [0.2, 0.25) is 0 Å². The molecule has 0 saturated carbocycles. The normalized spacial score (nSPS) is 21.7. The van der Waals surface area contributed by atoms with Crippen molar-refractivity contribution in [3.05, 3.63) is 64.3 Å². The van der Waals surface area contributed by atoms with Gasteiger partial charge in [0.25, 0.3) is 0 Å². The zero-order chi connectivity index (χ0) is 36.3. The second-order valence-electron chi connectivity index (χ2n) is 14.7. The van der Waals surface area contributed by atoms with Crippen LogP contribution < -0.4 is 15.4 Å². The first-order chi connectivity index (χ1) is 25.1. The first-order valence-corrected chi connectivity index (χ1v) is 18.8. The van der Waals surface area contributed by atoms with Crippen LogP contribution in [0, 0.1) is 11.8 Å². The highest BCUT2D eigenvalue weighted by molar-refractivity contribution is 9.10. The van der Waals surface area contributed by atoms with Gasteiger partial charge >= 0.3 is 6.09 Å². The Morgan fingerprint density at radius 1 is 1.06 bits per heavy atom. The van der Waals surface area contributed by atoms with Gasteiger partial charge < -0.3 is 39.7 Å². The molecule has 0 spiro atoms. The first kappa shape index (κ1) is 34.6. The minimum absolute atomic E-state index is 0.00139. The number of alkyl carbamates (subject to hydrolysis) is 1. The molecule has 272 valence electrons. The Hall–Kier alpha value is -4.46. The number of halogens is 1. The summed E-state index contributed by atoms with van der Waals surface area (Å²) in [5.41, 5.74) is 6.91. The lowest BCUT2D eigenvalue weighted by molar-refractivity contribution is -0.137. The number of benzene rings is 3. The summed E-state index contributed by atoms with van der Waals surface area (Å²) in [5, 5.41) is 8.35. The predicted molar refractivity (Wildman–Crippen MR) is 202 cm³/mol. The molecule has 2 aromatic heterocycles. The number of nitrogens with one attached hydrogen (secondary N) is 4. The molecule has 0 aliphatic carbocycles. The van der Waals surface area contributed by atoms with E-state index in [2.05, 4.69) is 79.0 Å². The second-order valence-corrected chi connectivity index (χ2v) is 15.5. The zero-order valence-corrected chi connectivity index (χ0v) is 31.6. The molecule has 5 heterocycles. The summed E-state index contributed by atoms with van der Waals surface area (Å²) in [6.45, 7) is 7.99. The molecule has 12 nitrogen and oxygen atoms in total. The standard InChI is InChI=1S/C39H44BrN7O5/c1-19(2)32(45-39(49)51-5)38(48)47-20(3)6-11-30(47)37-42-28-10-8-22-14-27-25-9-7-23(13-24(25)18-52-31(27)15-26(22)34(28)44-37)33-35(40)46-36(43-33)29-12-21(16-41-29)17-50-4/h7-10,13-15,19-21,29-30,32,41H,6,11-12,16-18H2,1-5H3,(H,42,44)(H,43,46)(H,45,49). The van der Waals surface area contributed by atoms with Gasteiger partial charge in [-0.2, -0.15) is 0 Å². The lowest BCUT2D eigenvalue weighted by atomic mass is 9.92. The van der Waals surface area contributed by atoms with Gasteiger partial charge in [-0.15, -0.1) is 0 Å². The summed E-state index contributed by atoms with van der Waals surface area (Å²) in [7, 11) is 3.05. The first-order valence-electron chi connectivity index (χ1n) is 18.0. The largest absolute Gasteiger partial charge is 0.488 e. The quantitative estimate of drug-likeness (QED) is 0.130. The van der Waals surface area contributed by atoms with E-state index < -0.39 is 12.1 Å². The zero-order valence-electron chi connectivity index (χ0n) is 30.0. The summed E-state index contributed by atoms with van der Waals surface area (Å²) < 4.78 is 17.5. The van der Waals surface area contributed by atoms with Crippen LogP contribution in [0.15, 0.2) is 47.1 Å². The molecule has 52 heavy (non-hydrogen) atoms. The number of aromatic amines is 2. The van der Waals surface area contributed by atoms with Gasteiger partial charge in [0.1, 0.15) is 40.3 Å². The van der Waals surface area contributed by atoms with Crippen molar-refractivity contribution in [3.8, 4) is 28.1 Å². The van der Waals surface area contributed by atoms with E-state index in [9.17, 15) is 9.59 Å². The predicted octanol–water partition coefficient (Wildman–Crippen LogP) is 7.16. The van der Waals surface area contributed by atoms with Crippen LogP contribution in [0.4, 0.5) is 4.79 Å². The minimum Gasteiger partial charge on any atom is -0.488 e. The number of likely N-dealkylation sites (tertiary alicyclic amines) is 1. The van der Waals surface area contributed by atoms with Gasteiger partial charge in [0.05, 0.1) is 36.8 Å². The topological polar surface area (TPSA) is 146 Å². The lowest BCUT2D eigenvalue weighted by Crippen LogP contribution is -2.52. The highest BCUT2D eigenvalue weighted by Crippen LogP contribution is 2.44. The van der Waals surface area contributed by atoms with Crippen LogP contribution in [-0.2, 0) is 20.9 Å². The highest BCUT2D eigenvalue weighted by Gasteiger charge is 2.41. The Kier molecular flexibility index (Phi) is 9.21. The minimum atomic E-state index is -0.704. The number of amides is 2. The monoisotopic (exact) mass is 769 g/mol. The molecule has 3 aliphatic rings. The average molecular weight is 771 g/mol. The van der Waals surface area contributed by atoms with E-state index >= 15 is 0 Å². The van der Waals surface area contributed by atoms with Crippen molar-refractivity contribution in [1.82, 2.24) is 35.5 Å². The summed E-state index contributed by atoms with van der Waals surface area (Å²) >= 11 is 3.73. The number of fused-ring (bicyclic) bond motifs is 6. The molecule has 3 aliphatic heterocycles. The maximum Gasteiger partial charge on any atom is 0.407 e. The molecule has 2 saturated heterocycles. The number of hydrogen-bond donors (Lipinski definition) is 4. The third-order valence-corrected chi connectivity index (χ3v) is 11.5. The fourth-order valence-electron chi connectivity index (χ4n) is 8.20. The molecule has 0 radical (unpaired) electrons. The molecule has 5 aromatic rings. The van der Waals surface area contributed by atoms with Crippen molar-refractivity contribution in [1.29, 1.82) is 0 Å². The molecule has 0 bridgehead atoms. The summed E-state index contributed by atoms with van der Waals surface area (Å²) in [6, 6.07) is 14.1. The molecule has 3 aromatic carbocycles. The van der Waals surface area contributed by atoms with Crippen LogP contribution >= 0.6 is 15.9 Å². The Morgan fingerprint density at radius 2 is 1.90 bits per heavy atom. The van der Waals surface area contributed by atoms with E-state index in [0.717, 1.165) is 104 Å². The number of imidazole rings is 2. The van der Waals surface area contributed by atoms with Gasteiger partial charge in [0, 0.05) is 36.2 Å². The van der Waals surface area contributed by atoms with E-state index in [-0.39, 0.29) is 30.0 Å². The number of nitrogens with zero attached hydrogens (tertiary/aromatic N) is 3. The van der Waals surface area contributed by atoms with Crippen LogP contribution in [-0.4, -0.2) is 76.3 Å². The summed E-state index contributed by atoms with van der Waals surface area (Å²) in [6.07, 6.45) is 1.97. The van der Waals surface area contributed by atoms with E-state index in [1.54, 1.807) is 7.11 Å². The van der Waals surface area contributed by atoms with E-state index in [1.165, 1.54) is 7.11 Å². The fraction of sp³-hybridized carbons (Fsp3) is 0.436. The second kappa shape index (κ2) is 13.8. The number of aromatic nitrogens is 4. The Bertz CT molecular complexity index is 2180. The summed E-state index contributed by atoms with van der Waals surface area (Å²) in [4.78, 5) is 45.0. The number of hydrogen-bond acceptors (Lipinski definition) is 8. The van der Waals surface area contributed by atoms with Crippen LogP contribution in [0.3, 0.4) is 0 Å². The van der Waals surface area contributed by atoms with Crippen LogP contribution in [0.1, 0.15) is 69.3 Å². The number of carbonyl (C=O) groups is 2. The van der Waals surface area contributed by atoms with E-state index in [0.29, 0.717) is 12.5 Å². The van der Waals surface area contributed by atoms with Crippen LogP contribution in [0.5, 0.6) is 5.75 Å². The maximum absolute atomic E-state index is 13.9. The van der Waals surface area contributed by atoms with Gasteiger partial charge in [0.15, 0.2) is 0 Å². The van der Waals surface area contributed by atoms with Gasteiger partial charge in [0.2, 0.25) is 5.91 Å². The SMILES string of the molecule is COCC1CNC(c2nc(-c3ccc4c(c3)COc3cc5c(ccc6[nH]c(C7CCC(C)N7C(=O)C(NC(=O)OC)C(C)C)nc65)cc3-4)c(Br)[nH]2)C1. The third kappa shape index (κ3) is 6.12. The highest BCUT2D eigenvalue weighted by atomic mass is 79.9. The molecule has 2 fully saturated rings. The lowest BCUT2D eigenvalue weighted by Gasteiger charge is -2.32. The van der Waals surface area contributed by atoms with Gasteiger partial charge in [-0.25, -0.2) is 14.8 Å². The van der Waals surface area contributed by atoms with Crippen molar-refractivity contribution in [3.63, 3.8) is 0 Å². The van der Waals surface area contributed by atoms with Crippen molar-refractivity contribution in [2.24, 2.45) is 11.8 Å². The molecule has 5 unspecified atom stereocenters. The van der Waals surface area contributed by atoms with Crippen molar-refractivity contribution >= 4 is 49.7 Å².